The third-order valence-electron chi connectivity index (χ3n) is 3.64. The zero-order valence-corrected chi connectivity index (χ0v) is 14.1. The van der Waals surface area contributed by atoms with E-state index in [0.717, 1.165) is 12.1 Å². The van der Waals surface area contributed by atoms with Crippen molar-refractivity contribution in [2.24, 2.45) is 0 Å². The second-order valence-corrected chi connectivity index (χ2v) is 5.57. The van der Waals surface area contributed by atoms with Crippen LogP contribution in [0, 0.1) is 0 Å². The Morgan fingerprint density at radius 2 is 1.92 bits per heavy atom. The molecule has 1 unspecified atom stereocenters. The topological polar surface area (TPSA) is 71.5 Å². The fraction of sp³-hybridized carbons (Fsp3) is 0.333. The zero-order valence-electron chi connectivity index (χ0n) is 14.1. The minimum Gasteiger partial charge on any atom is -0.481 e. The summed E-state index contributed by atoms with van der Waals surface area (Å²) in [5.74, 6) is -0.438. The van der Waals surface area contributed by atoms with Crippen LogP contribution in [-0.4, -0.2) is 22.7 Å². The molecule has 2 rings (SSSR count). The third-order valence-corrected chi connectivity index (χ3v) is 3.64. The Bertz CT molecular complexity index is 716. The lowest BCUT2D eigenvalue weighted by Crippen LogP contribution is -2.11. The summed E-state index contributed by atoms with van der Waals surface area (Å²) >= 11 is 0. The number of anilines is 1. The van der Waals surface area contributed by atoms with E-state index in [1.54, 1.807) is 19.1 Å². The third kappa shape index (κ3) is 5.73. The van der Waals surface area contributed by atoms with Gasteiger partial charge in [-0.1, -0.05) is 18.2 Å². The molecule has 0 radical (unpaired) electrons. The molecular weight excluding hydrogens is 349 g/mol. The molecule has 140 valence electrons. The molecule has 0 amide bonds. The molecular formula is C18H19F3N2O3. The van der Waals surface area contributed by atoms with Crippen LogP contribution in [-0.2, 0) is 22.3 Å². The maximum absolute atomic E-state index is 12.5. The summed E-state index contributed by atoms with van der Waals surface area (Å²) in [6.45, 7) is 2.47. The van der Waals surface area contributed by atoms with Crippen molar-refractivity contribution < 1.29 is 27.8 Å². The highest BCUT2D eigenvalue weighted by Gasteiger charge is 2.29. The number of aliphatic carboxylic acids is 1. The second kappa shape index (κ2) is 8.66. The maximum atomic E-state index is 12.5. The van der Waals surface area contributed by atoms with Crippen molar-refractivity contribution in [1.29, 1.82) is 0 Å². The SMILES string of the molecule is CCOC(CC(=O)O)c1ccc(NCc2ccc(C(F)(F)F)cc2)nc1. The first-order chi connectivity index (χ1) is 12.3. The molecule has 0 aliphatic rings. The number of aromatic nitrogens is 1. The van der Waals surface area contributed by atoms with Gasteiger partial charge in [-0.2, -0.15) is 13.2 Å². The number of nitrogens with one attached hydrogen (secondary N) is 1. The van der Waals surface area contributed by atoms with E-state index in [1.807, 2.05) is 0 Å². The Morgan fingerprint density at radius 1 is 1.23 bits per heavy atom. The fourth-order valence-corrected chi connectivity index (χ4v) is 2.34. The van der Waals surface area contributed by atoms with Gasteiger partial charge in [0.05, 0.1) is 18.1 Å². The van der Waals surface area contributed by atoms with E-state index in [9.17, 15) is 18.0 Å². The second-order valence-electron chi connectivity index (χ2n) is 5.57. The molecule has 0 fully saturated rings. The highest BCUT2D eigenvalue weighted by Crippen LogP contribution is 2.29. The molecule has 1 heterocycles. The first-order valence-corrected chi connectivity index (χ1v) is 7.99. The number of ether oxygens (including phenoxy) is 1. The van der Waals surface area contributed by atoms with Gasteiger partial charge in [-0.15, -0.1) is 0 Å². The number of carbonyl (C=O) groups is 1. The summed E-state index contributed by atoms with van der Waals surface area (Å²) in [6, 6.07) is 8.27. The molecule has 1 atom stereocenters. The van der Waals surface area contributed by atoms with Crippen molar-refractivity contribution in [2.45, 2.75) is 32.2 Å². The van der Waals surface area contributed by atoms with Crippen molar-refractivity contribution in [1.82, 2.24) is 4.98 Å². The molecule has 0 spiro atoms. The summed E-state index contributed by atoms with van der Waals surface area (Å²) in [6.07, 6.45) is -3.56. The standard InChI is InChI=1S/C18H19F3N2O3/c1-2-26-15(9-17(24)25)13-5-8-16(23-11-13)22-10-12-3-6-14(7-4-12)18(19,20)21/h3-8,11,15H,2,9-10H2,1H3,(H,22,23)(H,24,25). The fourth-order valence-electron chi connectivity index (χ4n) is 2.34. The number of halogens is 3. The number of alkyl halides is 3. The molecule has 8 heteroatoms. The highest BCUT2D eigenvalue weighted by molar-refractivity contribution is 5.67. The Hall–Kier alpha value is -2.61. The normalized spacial score (nSPS) is 12.6. The highest BCUT2D eigenvalue weighted by atomic mass is 19.4. The zero-order chi connectivity index (χ0) is 19.2. The van der Waals surface area contributed by atoms with Gasteiger partial charge in [0.2, 0.25) is 0 Å². The molecule has 0 aliphatic carbocycles. The molecule has 0 saturated heterocycles. The van der Waals surface area contributed by atoms with Crippen LogP contribution in [0.25, 0.3) is 0 Å². The Labute approximate surface area is 148 Å². The van der Waals surface area contributed by atoms with E-state index in [-0.39, 0.29) is 6.42 Å². The molecule has 5 nitrogen and oxygen atoms in total. The molecule has 0 saturated carbocycles. The van der Waals surface area contributed by atoms with E-state index >= 15 is 0 Å². The van der Waals surface area contributed by atoms with Crippen LogP contribution in [0.1, 0.15) is 36.1 Å². The van der Waals surface area contributed by atoms with Gasteiger partial charge in [-0.3, -0.25) is 4.79 Å². The number of nitrogens with zero attached hydrogens (tertiary/aromatic N) is 1. The summed E-state index contributed by atoms with van der Waals surface area (Å²) in [7, 11) is 0. The van der Waals surface area contributed by atoms with Gasteiger partial charge in [0.25, 0.3) is 0 Å². The Balaban J connectivity index is 1.97. The van der Waals surface area contributed by atoms with Crippen molar-refractivity contribution >= 4 is 11.8 Å². The van der Waals surface area contributed by atoms with Gasteiger partial charge in [0.15, 0.2) is 0 Å². The molecule has 2 aromatic rings. The average Bonchev–Trinajstić information content (AvgIpc) is 2.59. The van der Waals surface area contributed by atoms with Crippen molar-refractivity contribution in [3.8, 4) is 0 Å². The summed E-state index contributed by atoms with van der Waals surface area (Å²) in [5.41, 5.74) is 0.639. The predicted molar refractivity (Wildman–Crippen MR) is 89.6 cm³/mol. The van der Waals surface area contributed by atoms with Crippen molar-refractivity contribution in [3.63, 3.8) is 0 Å². The summed E-state index contributed by atoms with van der Waals surface area (Å²) in [5, 5.41) is 11.9. The van der Waals surface area contributed by atoms with Crippen LogP contribution < -0.4 is 5.32 Å². The molecule has 0 aliphatic heterocycles. The van der Waals surface area contributed by atoms with Crippen LogP contribution >= 0.6 is 0 Å². The number of carboxylic acid groups (broad SMARTS) is 1. The molecule has 1 aromatic heterocycles. The number of carboxylic acids is 1. The van der Waals surface area contributed by atoms with Crippen LogP contribution in [0.2, 0.25) is 0 Å². The quantitative estimate of drug-likeness (QED) is 0.728. The van der Waals surface area contributed by atoms with Crippen LogP contribution in [0.5, 0.6) is 0 Å². The summed E-state index contributed by atoms with van der Waals surface area (Å²) in [4.78, 5) is 15.1. The van der Waals surface area contributed by atoms with E-state index < -0.39 is 23.8 Å². The van der Waals surface area contributed by atoms with E-state index in [1.165, 1.54) is 18.3 Å². The van der Waals surface area contributed by atoms with E-state index in [0.29, 0.717) is 30.1 Å². The summed E-state index contributed by atoms with van der Waals surface area (Å²) < 4.78 is 43.0. The van der Waals surface area contributed by atoms with Crippen LogP contribution in [0.15, 0.2) is 42.6 Å². The predicted octanol–water partition coefficient (Wildman–Crippen LogP) is 4.26. The van der Waals surface area contributed by atoms with Crippen LogP contribution in [0.3, 0.4) is 0 Å². The van der Waals surface area contributed by atoms with Crippen molar-refractivity contribution in [2.75, 3.05) is 11.9 Å². The first kappa shape index (κ1) is 19.7. The number of hydrogen-bond acceptors (Lipinski definition) is 4. The number of hydrogen-bond donors (Lipinski definition) is 2. The maximum Gasteiger partial charge on any atom is 0.416 e. The van der Waals surface area contributed by atoms with Gasteiger partial charge in [-0.25, -0.2) is 4.98 Å². The largest absolute Gasteiger partial charge is 0.481 e. The van der Waals surface area contributed by atoms with Gasteiger partial charge < -0.3 is 15.2 Å². The molecule has 26 heavy (non-hydrogen) atoms. The molecule has 0 bridgehead atoms. The minimum absolute atomic E-state index is 0.159. The van der Waals surface area contributed by atoms with Crippen molar-refractivity contribution in [3.05, 3.63) is 59.3 Å². The molecule has 2 N–H and O–H groups in total. The first-order valence-electron chi connectivity index (χ1n) is 7.99. The van der Waals surface area contributed by atoms with E-state index in [2.05, 4.69) is 10.3 Å². The van der Waals surface area contributed by atoms with Gasteiger partial charge >= 0.3 is 12.1 Å². The lowest BCUT2D eigenvalue weighted by molar-refractivity contribution is -0.140. The lowest BCUT2D eigenvalue weighted by atomic mass is 10.1. The van der Waals surface area contributed by atoms with E-state index in [4.69, 9.17) is 9.84 Å². The number of benzene rings is 1. The minimum atomic E-state index is -4.35. The Kier molecular flexibility index (Phi) is 6.57. The number of rotatable bonds is 8. The Morgan fingerprint density at radius 3 is 2.42 bits per heavy atom. The molecule has 1 aromatic carbocycles. The lowest BCUT2D eigenvalue weighted by Gasteiger charge is -2.15. The average molecular weight is 368 g/mol. The van der Waals surface area contributed by atoms with Gasteiger partial charge in [0.1, 0.15) is 5.82 Å². The smallest absolute Gasteiger partial charge is 0.416 e. The monoisotopic (exact) mass is 368 g/mol. The number of pyridine rings is 1. The van der Waals surface area contributed by atoms with Gasteiger partial charge in [0, 0.05) is 19.3 Å². The van der Waals surface area contributed by atoms with Crippen LogP contribution in [0.4, 0.5) is 19.0 Å². The van der Waals surface area contributed by atoms with Gasteiger partial charge in [-0.05, 0) is 36.2 Å².